The zero-order chi connectivity index (χ0) is 12.3. The van der Waals surface area contributed by atoms with Gasteiger partial charge in [-0.2, -0.15) is 0 Å². The van der Waals surface area contributed by atoms with E-state index in [4.69, 9.17) is 4.74 Å². The van der Waals surface area contributed by atoms with Crippen molar-refractivity contribution in [2.45, 2.75) is 26.3 Å². The maximum Gasteiger partial charge on any atom is 0.142 e. The van der Waals surface area contributed by atoms with Crippen molar-refractivity contribution in [2.24, 2.45) is 0 Å². The van der Waals surface area contributed by atoms with Gasteiger partial charge in [0.2, 0.25) is 0 Å². The van der Waals surface area contributed by atoms with Gasteiger partial charge in [-0.25, -0.2) is 0 Å². The molecule has 0 aliphatic carbocycles. The van der Waals surface area contributed by atoms with Crippen molar-refractivity contribution in [1.82, 2.24) is 5.32 Å². The second-order valence-corrected chi connectivity index (χ2v) is 4.63. The highest BCUT2D eigenvalue weighted by atomic mass is 16.5. The standard InChI is InChI=1S/C14H22N2O/c1-4-12-10-15-7-8-16(12)13-9-11(2)5-6-14(13)17-3/h5-6,9,12,15H,4,7-8,10H2,1-3H3. The predicted octanol–water partition coefficient (Wildman–Crippen LogP) is 2.19. The molecule has 1 aliphatic rings. The molecule has 3 nitrogen and oxygen atoms in total. The lowest BCUT2D eigenvalue weighted by Crippen LogP contribution is -2.51. The zero-order valence-electron chi connectivity index (χ0n) is 11.0. The van der Waals surface area contributed by atoms with Gasteiger partial charge in [-0.3, -0.25) is 0 Å². The van der Waals surface area contributed by atoms with Gasteiger partial charge in [0.05, 0.1) is 12.8 Å². The van der Waals surface area contributed by atoms with E-state index in [0.29, 0.717) is 6.04 Å². The Morgan fingerprint density at radius 2 is 2.29 bits per heavy atom. The van der Waals surface area contributed by atoms with Crippen molar-refractivity contribution in [3.63, 3.8) is 0 Å². The van der Waals surface area contributed by atoms with Crippen molar-refractivity contribution in [1.29, 1.82) is 0 Å². The number of hydrogen-bond donors (Lipinski definition) is 1. The fourth-order valence-electron chi connectivity index (χ4n) is 2.47. The molecule has 94 valence electrons. The molecule has 1 aromatic carbocycles. The van der Waals surface area contributed by atoms with Crippen LogP contribution in [0.3, 0.4) is 0 Å². The molecule has 0 amide bonds. The predicted molar refractivity (Wildman–Crippen MR) is 72.0 cm³/mol. The van der Waals surface area contributed by atoms with E-state index in [1.165, 1.54) is 11.3 Å². The lowest BCUT2D eigenvalue weighted by molar-refractivity contribution is 0.405. The quantitative estimate of drug-likeness (QED) is 0.867. The van der Waals surface area contributed by atoms with Gasteiger partial charge in [-0.05, 0) is 31.0 Å². The van der Waals surface area contributed by atoms with Gasteiger partial charge < -0.3 is 15.0 Å². The minimum Gasteiger partial charge on any atom is -0.495 e. The number of nitrogens with zero attached hydrogens (tertiary/aromatic N) is 1. The summed E-state index contributed by atoms with van der Waals surface area (Å²) >= 11 is 0. The first-order valence-corrected chi connectivity index (χ1v) is 6.38. The van der Waals surface area contributed by atoms with Crippen LogP contribution in [0.15, 0.2) is 18.2 Å². The average Bonchev–Trinajstić information content (AvgIpc) is 2.38. The molecule has 1 fully saturated rings. The SMILES string of the molecule is CCC1CNCCN1c1cc(C)ccc1OC. The number of rotatable bonds is 3. The Labute approximate surface area is 104 Å². The molecule has 0 radical (unpaired) electrons. The Balaban J connectivity index is 2.33. The number of aryl methyl sites for hydroxylation is 1. The summed E-state index contributed by atoms with van der Waals surface area (Å²) in [6.07, 6.45) is 1.16. The molecule has 1 saturated heterocycles. The minimum atomic E-state index is 0.569. The third-order valence-corrected chi connectivity index (χ3v) is 3.47. The molecule has 1 aliphatic heterocycles. The van der Waals surface area contributed by atoms with E-state index in [-0.39, 0.29) is 0 Å². The monoisotopic (exact) mass is 234 g/mol. The molecule has 0 bridgehead atoms. The lowest BCUT2D eigenvalue weighted by Gasteiger charge is -2.38. The highest BCUT2D eigenvalue weighted by molar-refractivity contribution is 5.61. The van der Waals surface area contributed by atoms with Crippen LogP contribution in [0.25, 0.3) is 0 Å². The van der Waals surface area contributed by atoms with Crippen molar-refractivity contribution in [3.05, 3.63) is 23.8 Å². The molecule has 3 heteroatoms. The molecule has 1 heterocycles. The van der Waals surface area contributed by atoms with E-state index in [9.17, 15) is 0 Å². The van der Waals surface area contributed by atoms with Crippen molar-refractivity contribution < 1.29 is 4.74 Å². The summed E-state index contributed by atoms with van der Waals surface area (Å²) < 4.78 is 5.48. The minimum absolute atomic E-state index is 0.569. The van der Waals surface area contributed by atoms with Gasteiger partial charge in [0.1, 0.15) is 5.75 Å². The molecule has 0 aromatic heterocycles. The molecular formula is C14H22N2O. The molecule has 2 rings (SSSR count). The molecule has 1 atom stereocenters. The van der Waals surface area contributed by atoms with Crippen molar-refractivity contribution in [3.8, 4) is 5.75 Å². The third kappa shape index (κ3) is 2.55. The highest BCUT2D eigenvalue weighted by Crippen LogP contribution is 2.31. The summed E-state index contributed by atoms with van der Waals surface area (Å²) in [6.45, 7) is 7.54. The van der Waals surface area contributed by atoms with Crippen LogP contribution in [0, 0.1) is 6.92 Å². The van der Waals surface area contributed by atoms with E-state index >= 15 is 0 Å². The summed E-state index contributed by atoms with van der Waals surface area (Å²) in [6, 6.07) is 6.97. The molecule has 1 unspecified atom stereocenters. The molecule has 17 heavy (non-hydrogen) atoms. The molecule has 1 N–H and O–H groups in total. The number of ether oxygens (including phenoxy) is 1. The fraction of sp³-hybridized carbons (Fsp3) is 0.571. The van der Waals surface area contributed by atoms with Crippen LogP contribution in [0.4, 0.5) is 5.69 Å². The second-order valence-electron chi connectivity index (χ2n) is 4.63. The number of methoxy groups -OCH3 is 1. The number of hydrogen-bond acceptors (Lipinski definition) is 3. The van der Waals surface area contributed by atoms with Crippen LogP contribution in [0.2, 0.25) is 0 Å². The van der Waals surface area contributed by atoms with E-state index < -0.39 is 0 Å². The van der Waals surface area contributed by atoms with Gasteiger partial charge in [0, 0.05) is 25.7 Å². The first kappa shape index (κ1) is 12.2. The van der Waals surface area contributed by atoms with Crippen molar-refractivity contribution >= 4 is 5.69 Å². The molecular weight excluding hydrogens is 212 g/mol. The van der Waals surface area contributed by atoms with Crippen molar-refractivity contribution in [2.75, 3.05) is 31.6 Å². The highest BCUT2D eigenvalue weighted by Gasteiger charge is 2.23. The number of benzene rings is 1. The van der Waals surface area contributed by atoms with E-state index in [1.807, 2.05) is 0 Å². The summed E-state index contributed by atoms with van der Waals surface area (Å²) in [4.78, 5) is 2.47. The van der Waals surface area contributed by atoms with Gasteiger partial charge in [0.25, 0.3) is 0 Å². The largest absolute Gasteiger partial charge is 0.495 e. The first-order chi connectivity index (χ1) is 8.26. The van der Waals surface area contributed by atoms with Crippen LogP contribution in [0.1, 0.15) is 18.9 Å². The average molecular weight is 234 g/mol. The van der Waals surface area contributed by atoms with Crippen LogP contribution in [-0.2, 0) is 0 Å². The van der Waals surface area contributed by atoms with Crippen LogP contribution >= 0.6 is 0 Å². The summed E-state index contributed by atoms with van der Waals surface area (Å²) in [5.74, 6) is 0.982. The summed E-state index contributed by atoms with van der Waals surface area (Å²) in [7, 11) is 1.75. The normalized spacial score (nSPS) is 20.4. The lowest BCUT2D eigenvalue weighted by atomic mass is 10.1. The Kier molecular flexibility index (Phi) is 3.89. The van der Waals surface area contributed by atoms with E-state index in [0.717, 1.165) is 31.8 Å². The molecule has 1 aromatic rings. The Bertz CT molecular complexity index is 378. The zero-order valence-corrected chi connectivity index (χ0v) is 11.0. The van der Waals surface area contributed by atoms with Gasteiger partial charge in [-0.15, -0.1) is 0 Å². The van der Waals surface area contributed by atoms with Crippen LogP contribution in [-0.4, -0.2) is 32.8 Å². The summed E-state index contributed by atoms with van der Waals surface area (Å²) in [5.41, 5.74) is 2.52. The fourth-order valence-corrected chi connectivity index (χ4v) is 2.47. The van der Waals surface area contributed by atoms with Gasteiger partial charge in [-0.1, -0.05) is 13.0 Å². The first-order valence-electron chi connectivity index (χ1n) is 6.38. The number of nitrogens with one attached hydrogen (secondary N) is 1. The van der Waals surface area contributed by atoms with Crippen LogP contribution < -0.4 is 15.0 Å². The second kappa shape index (κ2) is 5.41. The van der Waals surface area contributed by atoms with E-state index in [1.54, 1.807) is 7.11 Å². The Hall–Kier alpha value is -1.22. The smallest absolute Gasteiger partial charge is 0.142 e. The maximum atomic E-state index is 5.48. The number of anilines is 1. The molecule has 0 saturated carbocycles. The summed E-state index contributed by atoms with van der Waals surface area (Å²) in [5, 5.41) is 3.46. The van der Waals surface area contributed by atoms with E-state index in [2.05, 4.69) is 42.3 Å². The Morgan fingerprint density at radius 3 is 3.00 bits per heavy atom. The third-order valence-electron chi connectivity index (χ3n) is 3.47. The maximum absolute atomic E-state index is 5.48. The van der Waals surface area contributed by atoms with Gasteiger partial charge >= 0.3 is 0 Å². The topological polar surface area (TPSA) is 24.5 Å². The van der Waals surface area contributed by atoms with Crippen LogP contribution in [0.5, 0.6) is 5.75 Å². The number of piperazine rings is 1. The van der Waals surface area contributed by atoms with Gasteiger partial charge in [0.15, 0.2) is 0 Å². The molecule has 0 spiro atoms. The Morgan fingerprint density at radius 1 is 1.47 bits per heavy atom.